The second-order valence-corrected chi connectivity index (χ2v) is 10.4. The topological polar surface area (TPSA) is 0 Å². The highest BCUT2D eigenvalue weighted by molar-refractivity contribution is 5.79. The number of benzene rings is 2. The lowest BCUT2D eigenvalue weighted by Gasteiger charge is -2.30. The molecule has 32 heavy (non-hydrogen) atoms. The van der Waals surface area contributed by atoms with Crippen molar-refractivity contribution in [3.05, 3.63) is 58.1 Å². The lowest BCUT2D eigenvalue weighted by molar-refractivity contribution is 0.687. The van der Waals surface area contributed by atoms with Gasteiger partial charge in [0.05, 0.1) is 0 Å². The van der Waals surface area contributed by atoms with Gasteiger partial charge < -0.3 is 0 Å². The molecule has 0 nitrogen and oxygen atoms in total. The molecule has 0 bridgehead atoms. The molecule has 0 aliphatic heterocycles. The maximum Gasteiger partial charge on any atom is -0.0108 e. The van der Waals surface area contributed by atoms with Crippen LogP contribution in [0.2, 0.25) is 0 Å². The maximum atomic E-state index is 2.58. The van der Waals surface area contributed by atoms with Crippen molar-refractivity contribution in [2.45, 2.75) is 131 Å². The Labute approximate surface area is 200 Å². The normalized spacial score (nSPS) is 16.4. The number of rotatable bonds is 11. The highest BCUT2D eigenvalue weighted by Gasteiger charge is 2.26. The van der Waals surface area contributed by atoms with Gasteiger partial charge in [-0.05, 0) is 101 Å². The molecule has 5 unspecified atom stereocenters. The van der Waals surface area contributed by atoms with Crippen molar-refractivity contribution in [3.8, 4) is 11.1 Å². The highest BCUT2D eigenvalue weighted by Crippen LogP contribution is 2.46. The Morgan fingerprint density at radius 3 is 1.12 bits per heavy atom. The summed E-state index contributed by atoms with van der Waals surface area (Å²) in [6.07, 6.45) is 5.92. The Kier molecular flexibility index (Phi) is 10.1. The van der Waals surface area contributed by atoms with Gasteiger partial charge in [0, 0.05) is 0 Å². The zero-order valence-corrected chi connectivity index (χ0v) is 22.8. The Morgan fingerprint density at radius 1 is 0.469 bits per heavy atom. The molecular formula is C32H50. The molecule has 2 rings (SSSR count). The molecule has 0 aliphatic rings. The van der Waals surface area contributed by atoms with Gasteiger partial charge in [-0.25, -0.2) is 0 Å². The molecule has 0 heteroatoms. The van der Waals surface area contributed by atoms with Crippen LogP contribution in [0.15, 0.2) is 30.3 Å². The molecule has 0 amide bonds. The third kappa shape index (κ3) is 5.49. The van der Waals surface area contributed by atoms with E-state index in [1.165, 1.54) is 37.7 Å². The molecule has 0 fully saturated rings. The van der Waals surface area contributed by atoms with Gasteiger partial charge in [0.1, 0.15) is 0 Å². The van der Waals surface area contributed by atoms with Gasteiger partial charge in [-0.15, -0.1) is 0 Å². The van der Waals surface area contributed by atoms with Crippen LogP contribution in [-0.4, -0.2) is 0 Å². The van der Waals surface area contributed by atoms with E-state index in [4.69, 9.17) is 0 Å². The summed E-state index contributed by atoms with van der Waals surface area (Å²) in [7, 11) is 0. The van der Waals surface area contributed by atoms with Crippen LogP contribution in [-0.2, 0) is 0 Å². The molecule has 178 valence electrons. The van der Waals surface area contributed by atoms with E-state index < -0.39 is 0 Å². The van der Waals surface area contributed by atoms with Gasteiger partial charge in [0.15, 0.2) is 0 Å². The zero-order valence-electron chi connectivity index (χ0n) is 22.8. The molecule has 0 saturated heterocycles. The first-order valence-corrected chi connectivity index (χ1v) is 13.6. The Bertz CT molecular complexity index is 799. The first-order valence-electron chi connectivity index (χ1n) is 13.6. The molecule has 0 radical (unpaired) electrons. The SMILES string of the molecule is CCC(C)c1cc(C(C)CC)c(-c2c(C(C)CC)cccc2C(C)CC)c(C(C)CC)c1. The molecule has 0 N–H and O–H groups in total. The predicted molar refractivity (Wildman–Crippen MR) is 145 cm³/mol. The fraction of sp³-hybridized carbons (Fsp3) is 0.625. The largest absolute Gasteiger partial charge is 0.0648 e. The first kappa shape index (κ1) is 26.7. The molecular weight excluding hydrogens is 384 g/mol. The third-order valence-corrected chi connectivity index (χ3v) is 8.36. The van der Waals surface area contributed by atoms with E-state index in [1.807, 2.05) is 0 Å². The number of hydrogen-bond acceptors (Lipinski definition) is 0. The minimum absolute atomic E-state index is 0.562. The summed E-state index contributed by atoms with van der Waals surface area (Å²) in [6, 6.07) is 12.3. The minimum atomic E-state index is 0.562. The highest BCUT2D eigenvalue weighted by atomic mass is 14.3. The molecule has 0 spiro atoms. The Morgan fingerprint density at radius 2 is 0.781 bits per heavy atom. The van der Waals surface area contributed by atoms with E-state index in [0.717, 1.165) is 0 Å². The summed E-state index contributed by atoms with van der Waals surface area (Å²) in [5.74, 6) is 2.86. The van der Waals surface area contributed by atoms with Crippen molar-refractivity contribution in [1.82, 2.24) is 0 Å². The van der Waals surface area contributed by atoms with Gasteiger partial charge in [0.25, 0.3) is 0 Å². The van der Waals surface area contributed by atoms with Gasteiger partial charge >= 0.3 is 0 Å². The molecule has 0 saturated carbocycles. The third-order valence-electron chi connectivity index (χ3n) is 8.36. The fourth-order valence-electron chi connectivity index (χ4n) is 4.88. The predicted octanol–water partition coefficient (Wildman–Crippen LogP) is 10.9. The fourth-order valence-corrected chi connectivity index (χ4v) is 4.88. The molecule has 0 aromatic heterocycles. The van der Waals surface area contributed by atoms with Gasteiger partial charge in [-0.3, -0.25) is 0 Å². The minimum Gasteiger partial charge on any atom is -0.0648 e. The van der Waals surface area contributed by atoms with Crippen LogP contribution < -0.4 is 0 Å². The van der Waals surface area contributed by atoms with Crippen LogP contribution in [0.4, 0.5) is 0 Å². The average molecular weight is 435 g/mol. The van der Waals surface area contributed by atoms with Crippen molar-refractivity contribution in [1.29, 1.82) is 0 Å². The summed E-state index contributed by atoms with van der Waals surface area (Å²) in [5, 5.41) is 0. The quantitative estimate of drug-likeness (QED) is 0.330. The van der Waals surface area contributed by atoms with E-state index in [0.29, 0.717) is 29.6 Å². The zero-order chi connectivity index (χ0) is 24.0. The number of hydrogen-bond donors (Lipinski definition) is 0. The van der Waals surface area contributed by atoms with Crippen LogP contribution in [0.25, 0.3) is 11.1 Å². The van der Waals surface area contributed by atoms with Crippen molar-refractivity contribution in [2.24, 2.45) is 0 Å². The Balaban J connectivity index is 3.07. The van der Waals surface area contributed by atoms with E-state index in [-0.39, 0.29) is 0 Å². The van der Waals surface area contributed by atoms with Crippen LogP contribution in [0.1, 0.15) is 159 Å². The molecule has 5 atom stereocenters. The molecule has 2 aromatic rings. The summed E-state index contributed by atoms with van der Waals surface area (Å²) in [5.41, 5.74) is 10.9. The summed E-state index contributed by atoms with van der Waals surface area (Å²) < 4.78 is 0. The van der Waals surface area contributed by atoms with Crippen LogP contribution in [0.3, 0.4) is 0 Å². The molecule has 0 heterocycles. The lowest BCUT2D eigenvalue weighted by atomic mass is 9.74. The summed E-state index contributed by atoms with van der Waals surface area (Å²) in [4.78, 5) is 0. The van der Waals surface area contributed by atoms with E-state index in [9.17, 15) is 0 Å². The second-order valence-electron chi connectivity index (χ2n) is 10.4. The van der Waals surface area contributed by atoms with Crippen molar-refractivity contribution < 1.29 is 0 Å². The second kappa shape index (κ2) is 12.1. The van der Waals surface area contributed by atoms with Crippen molar-refractivity contribution >= 4 is 0 Å². The van der Waals surface area contributed by atoms with Gasteiger partial charge in [-0.1, -0.05) is 99.6 Å². The van der Waals surface area contributed by atoms with E-state index in [2.05, 4.69) is 99.6 Å². The molecule has 2 aromatic carbocycles. The lowest BCUT2D eigenvalue weighted by Crippen LogP contribution is -2.10. The van der Waals surface area contributed by atoms with Crippen LogP contribution in [0.5, 0.6) is 0 Å². The van der Waals surface area contributed by atoms with Gasteiger partial charge in [0.2, 0.25) is 0 Å². The summed E-state index contributed by atoms with van der Waals surface area (Å²) >= 11 is 0. The monoisotopic (exact) mass is 434 g/mol. The van der Waals surface area contributed by atoms with Crippen molar-refractivity contribution in [2.75, 3.05) is 0 Å². The molecule has 0 aliphatic carbocycles. The standard InChI is InChI=1S/C32H50/c1-11-21(6)26-19-29(24(9)14-4)32(30(20-26)25(10)15-5)31-27(22(7)12-2)17-16-18-28(31)23(8)13-3/h16-25H,11-15H2,1-10H3. The Hall–Kier alpha value is -1.56. The summed E-state index contributed by atoms with van der Waals surface area (Å²) in [6.45, 7) is 23.8. The maximum absolute atomic E-state index is 2.58. The van der Waals surface area contributed by atoms with Crippen LogP contribution >= 0.6 is 0 Å². The van der Waals surface area contributed by atoms with Gasteiger partial charge in [-0.2, -0.15) is 0 Å². The van der Waals surface area contributed by atoms with Crippen LogP contribution in [0, 0.1) is 0 Å². The smallest absolute Gasteiger partial charge is 0.0108 e. The first-order chi connectivity index (χ1) is 15.2. The van der Waals surface area contributed by atoms with Crippen molar-refractivity contribution in [3.63, 3.8) is 0 Å². The van der Waals surface area contributed by atoms with E-state index >= 15 is 0 Å². The van der Waals surface area contributed by atoms with E-state index in [1.54, 1.807) is 33.4 Å². The average Bonchev–Trinajstić information content (AvgIpc) is 2.84.